The summed E-state index contributed by atoms with van der Waals surface area (Å²) < 4.78 is 6.46. The van der Waals surface area contributed by atoms with Crippen LogP contribution in [0.5, 0.6) is 0 Å². The molecule has 4 heterocycles. The first-order valence-electron chi connectivity index (χ1n) is 12.5. The van der Waals surface area contributed by atoms with Gasteiger partial charge < -0.3 is 0 Å². The second-order valence-corrected chi connectivity index (χ2v) is 25.9. The molecular weight excluding hydrogens is 583 g/mol. The summed E-state index contributed by atoms with van der Waals surface area (Å²) in [6.07, 6.45) is 8.26. The molecule has 0 amide bonds. The summed E-state index contributed by atoms with van der Waals surface area (Å²) in [6.45, 7) is 7.14. The van der Waals surface area contributed by atoms with Crippen molar-refractivity contribution in [3.63, 3.8) is 0 Å². The number of rotatable bonds is 13. The molecule has 0 aliphatic carbocycles. The third-order valence-electron chi connectivity index (χ3n) is 6.83. The summed E-state index contributed by atoms with van der Waals surface area (Å²) in [4.78, 5) is 6.00. The SMILES string of the molecule is CCC[CH2][Sn]([CH2]CCC)([CH2]CCC)[c]1ccsc1-c1sccc1-c1sccc1-c1cccs1. The number of hydrogen-bond donors (Lipinski definition) is 0. The van der Waals surface area contributed by atoms with E-state index in [9.17, 15) is 0 Å². The molecule has 0 aliphatic heterocycles. The van der Waals surface area contributed by atoms with Gasteiger partial charge in [0.2, 0.25) is 0 Å². The van der Waals surface area contributed by atoms with Crippen molar-refractivity contribution in [2.75, 3.05) is 0 Å². The Kier molecular flexibility index (Phi) is 9.75. The maximum atomic E-state index is 2.58. The monoisotopic (exact) mass is 620 g/mol. The molecule has 0 saturated carbocycles. The quantitative estimate of drug-likeness (QED) is 0.131. The number of unbranched alkanes of at least 4 members (excludes halogenated alkanes) is 3. The average molecular weight is 620 g/mol. The van der Waals surface area contributed by atoms with Crippen LogP contribution in [0.15, 0.2) is 51.9 Å². The van der Waals surface area contributed by atoms with Crippen LogP contribution < -0.4 is 3.58 Å². The van der Waals surface area contributed by atoms with Crippen LogP contribution >= 0.6 is 45.3 Å². The zero-order chi connectivity index (χ0) is 23.1. The topological polar surface area (TPSA) is 0 Å². The summed E-state index contributed by atoms with van der Waals surface area (Å²) in [7, 11) is 0. The second-order valence-electron chi connectivity index (χ2n) is 9.06. The predicted octanol–water partition coefficient (Wildman–Crippen LogP) is 11.0. The fourth-order valence-electron chi connectivity index (χ4n) is 5.03. The molecule has 0 fully saturated rings. The van der Waals surface area contributed by atoms with Crippen LogP contribution in [0.1, 0.15) is 59.3 Å². The summed E-state index contributed by atoms with van der Waals surface area (Å²) in [5, 5.41) is 9.21. The van der Waals surface area contributed by atoms with Crippen LogP contribution in [0.2, 0.25) is 13.3 Å². The Morgan fingerprint density at radius 1 is 0.576 bits per heavy atom. The van der Waals surface area contributed by atoms with Crippen molar-refractivity contribution in [3.8, 4) is 30.6 Å². The molecule has 176 valence electrons. The van der Waals surface area contributed by atoms with Crippen molar-refractivity contribution in [3.05, 3.63) is 51.9 Å². The average Bonchev–Trinajstić information content (AvgIpc) is 3.63. The van der Waals surface area contributed by atoms with Gasteiger partial charge in [-0.05, 0) is 0 Å². The van der Waals surface area contributed by atoms with Gasteiger partial charge in [0.25, 0.3) is 0 Å². The van der Waals surface area contributed by atoms with E-state index in [2.05, 4.69) is 72.6 Å². The van der Waals surface area contributed by atoms with E-state index in [1.807, 2.05) is 48.9 Å². The Labute approximate surface area is 220 Å². The second kappa shape index (κ2) is 12.5. The molecule has 4 aromatic heterocycles. The predicted molar refractivity (Wildman–Crippen MR) is 159 cm³/mol. The van der Waals surface area contributed by atoms with Crippen molar-refractivity contribution in [2.45, 2.75) is 72.6 Å². The van der Waals surface area contributed by atoms with Gasteiger partial charge in [0.1, 0.15) is 0 Å². The Bertz CT molecular complexity index is 1080. The summed E-state index contributed by atoms with van der Waals surface area (Å²) >= 11 is 5.26. The van der Waals surface area contributed by atoms with E-state index >= 15 is 0 Å². The van der Waals surface area contributed by atoms with Crippen LogP contribution in [0, 0.1) is 0 Å². The Balaban J connectivity index is 1.79. The van der Waals surface area contributed by atoms with Crippen LogP contribution in [0.4, 0.5) is 0 Å². The fourth-order valence-corrected chi connectivity index (χ4v) is 27.6. The van der Waals surface area contributed by atoms with E-state index in [0.29, 0.717) is 0 Å². The molecule has 0 aliphatic rings. The molecule has 0 atom stereocenters. The van der Waals surface area contributed by atoms with Gasteiger partial charge >= 0.3 is 222 Å². The molecule has 5 heteroatoms. The minimum absolute atomic E-state index is 1.33. The van der Waals surface area contributed by atoms with Crippen LogP contribution in [0.25, 0.3) is 30.6 Å². The van der Waals surface area contributed by atoms with E-state index in [0.717, 1.165) is 0 Å². The van der Waals surface area contributed by atoms with Crippen molar-refractivity contribution < 1.29 is 0 Å². The van der Waals surface area contributed by atoms with Crippen LogP contribution in [-0.4, -0.2) is 18.4 Å². The van der Waals surface area contributed by atoms with Gasteiger partial charge in [0.05, 0.1) is 0 Å². The van der Waals surface area contributed by atoms with Gasteiger partial charge in [-0.25, -0.2) is 0 Å². The van der Waals surface area contributed by atoms with Crippen molar-refractivity contribution >= 4 is 67.3 Å². The molecule has 0 unspecified atom stereocenters. The van der Waals surface area contributed by atoms with Gasteiger partial charge in [0, 0.05) is 0 Å². The van der Waals surface area contributed by atoms with Gasteiger partial charge in [-0.15, -0.1) is 0 Å². The molecule has 4 aromatic rings. The van der Waals surface area contributed by atoms with E-state index in [4.69, 9.17) is 0 Å². The van der Waals surface area contributed by atoms with E-state index in [1.54, 1.807) is 4.88 Å². The van der Waals surface area contributed by atoms with Gasteiger partial charge in [-0.3, -0.25) is 0 Å². The van der Waals surface area contributed by atoms with E-state index < -0.39 is 18.4 Å². The summed E-state index contributed by atoms with van der Waals surface area (Å²) in [5.74, 6) is 0. The molecule has 4 rings (SSSR count). The molecule has 0 N–H and O–H groups in total. The molecular formula is C28H36S4Sn. The van der Waals surface area contributed by atoms with Crippen LogP contribution in [-0.2, 0) is 0 Å². The Morgan fingerprint density at radius 2 is 1.15 bits per heavy atom. The number of hydrogen-bond acceptors (Lipinski definition) is 4. The fraction of sp³-hybridized carbons (Fsp3) is 0.429. The van der Waals surface area contributed by atoms with Gasteiger partial charge in [-0.2, -0.15) is 0 Å². The third-order valence-corrected chi connectivity index (χ3v) is 26.9. The standard InChI is InChI=1S/C16H9S4.3C4H9.Sn/c1-3-13(17-7-1)11-5-9-19-15(11)12-6-10-20-16(12)14-4-2-8-18-14;3*1-3-4-2;/h1-3,5-10H;3*1,3-4H2,2H3;. The number of thiophene rings is 4. The van der Waals surface area contributed by atoms with E-state index in [-0.39, 0.29) is 0 Å². The zero-order valence-electron chi connectivity index (χ0n) is 20.2. The normalized spacial score (nSPS) is 12.0. The summed E-state index contributed by atoms with van der Waals surface area (Å²) in [6, 6.07) is 11.7. The third kappa shape index (κ3) is 5.71. The zero-order valence-corrected chi connectivity index (χ0v) is 26.3. The maximum absolute atomic E-state index is 2.58. The first-order valence-corrected chi connectivity index (χ1v) is 23.5. The molecule has 0 spiro atoms. The molecule has 33 heavy (non-hydrogen) atoms. The Morgan fingerprint density at radius 3 is 1.76 bits per heavy atom. The molecule has 0 aromatic carbocycles. The molecule has 0 radical (unpaired) electrons. The molecule has 0 saturated heterocycles. The van der Waals surface area contributed by atoms with Crippen molar-refractivity contribution in [2.24, 2.45) is 0 Å². The summed E-state index contributed by atoms with van der Waals surface area (Å²) in [5.41, 5.74) is 2.87. The van der Waals surface area contributed by atoms with E-state index in [1.165, 1.54) is 77.6 Å². The molecule has 0 bridgehead atoms. The van der Waals surface area contributed by atoms with Crippen LogP contribution in [0.3, 0.4) is 0 Å². The first kappa shape index (κ1) is 25.7. The minimum atomic E-state index is -2.49. The van der Waals surface area contributed by atoms with Gasteiger partial charge in [-0.1, -0.05) is 0 Å². The Hall–Kier alpha value is -0.401. The molecule has 0 nitrogen and oxygen atoms in total. The van der Waals surface area contributed by atoms with Crippen molar-refractivity contribution in [1.82, 2.24) is 0 Å². The van der Waals surface area contributed by atoms with Gasteiger partial charge in [0.15, 0.2) is 0 Å². The first-order chi connectivity index (χ1) is 16.2. The van der Waals surface area contributed by atoms with Crippen molar-refractivity contribution in [1.29, 1.82) is 0 Å².